The number of nitrogens with one attached hydrogen (secondary N) is 1. The van der Waals surface area contributed by atoms with Crippen LogP contribution in [0.25, 0.3) is 11.1 Å². The maximum atomic E-state index is 14.0. The lowest BCUT2D eigenvalue weighted by molar-refractivity contribution is 0.0848. The van der Waals surface area contributed by atoms with E-state index in [1.807, 2.05) is 4.90 Å². The van der Waals surface area contributed by atoms with Crippen LogP contribution in [0.5, 0.6) is 0 Å². The highest BCUT2D eigenvalue weighted by Crippen LogP contribution is 2.31. The minimum absolute atomic E-state index is 0.0466. The molecule has 0 radical (unpaired) electrons. The number of ether oxygens (including phenoxy) is 1. The number of alkyl carbamates (subject to hydrolysis) is 1. The summed E-state index contributed by atoms with van der Waals surface area (Å²) in [7, 11) is 1.51. The Morgan fingerprint density at radius 1 is 1.29 bits per heavy atom. The summed E-state index contributed by atoms with van der Waals surface area (Å²) >= 11 is 0. The molecule has 1 amide bonds. The second kappa shape index (κ2) is 8.36. The number of rotatable bonds is 3. The number of anilines is 1. The van der Waals surface area contributed by atoms with Crippen LogP contribution in [0.4, 0.5) is 15.0 Å². The third-order valence-electron chi connectivity index (χ3n) is 4.66. The molecule has 8 heteroatoms. The van der Waals surface area contributed by atoms with Crippen molar-refractivity contribution in [2.45, 2.75) is 18.9 Å². The van der Waals surface area contributed by atoms with Crippen molar-refractivity contribution in [1.82, 2.24) is 10.3 Å². The lowest BCUT2D eigenvalue weighted by Crippen LogP contribution is -2.39. The van der Waals surface area contributed by atoms with E-state index in [0.29, 0.717) is 48.4 Å². The molecule has 28 heavy (non-hydrogen) atoms. The van der Waals surface area contributed by atoms with Crippen LogP contribution in [0, 0.1) is 28.5 Å². The van der Waals surface area contributed by atoms with Crippen LogP contribution in [0.15, 0.2) is 30.5 Å². The van der Waals surface area contributed by atoms with E-state index in [9.17, 15) is 14.4 Å². The van der Waals surface area contributed by atoms with Crippen molar-refractivity contribution in [1.29, 1.82) is 10.5 Å². The normalized spacial score (nSPS) is 14.1. The van der Waals surface area contributed by atoms with Crippen molar-refractivity contribution in [2.24, 2.45) is 0 Å². The molecular formula is C20H18FN5O2. The maximum absolute atomic E-state index is 14.0. The van der Waals surface area contributed by atoms with E-state index in [2.05, 4.69) is 16.4 Å². The summed E-state index contributed by atoms with van der Waals surface area (Å²) in [6.07, 6.45) is 2.18. The van der Waals surface area contributed by atoms with Crippen molar-refractivity contribution in [3.05, 3.63) is 47.4 Å². The number of carbonyl (C=O) groups is 1. The van der Waals surface area contributed by atoms with Crippen molar-refractivity contribution in [3.8, 4) is 23.3 Å². The van der Waals surface area contributed by atoms with Crippen LogP contribution in [-0.2, 0) is 4.74 Å². The summed E-state index contributed by atoms with van der Waals surface area (Å²) in [4.78, 5) is 17.7. The summed E-state index contributed by atoms with van der Waals surface area (Å²) < 4.78 is 19.3. The zero-order valence-corrected chi connectivity index (χ0v) is 15.3. The molecule has 3 rings (SSSR count). The molecule has 0 spiro atoms. The number of halogens is 1. The second-order valence-electron chi connectivity index (χ2n) is 6.32. The smallest absolute Gasteiger partial charge is 0.407 e. The van der Waals surface area contributed by atoms with E-state index in [0.717, 1.165) is 0 Å². The topological polar surface area (TPSA) is 102 Å². The molecule has 1 fully saturated rings. The Kier molecular flexibility index (Phi) is 5.71. The highest BCUT2D eigenvalue weighted by atomic mass is 19.1. The van der Waals surface area contributed by atoms with Crippen molar-refractivity contribution in [2.75, 3.05) is 25.0 Å². The third-order valence-corrected chi connectivity index (χ3v) is 4.66. The summed E-state index contributed by atoms with van der Waals surface area (Å²) in [5.74, 6) is -0.113. The number of hydrogen-bond donors (Lipinski definition) is 1. The average Bonchev–Trinajstić information content (AvgIpc) is 2.73. The van der Waals surface area contributed by atoms with Gasteiger partial charge >= 0.3 is 6.09 Å². The van der Waals surface area contributed by atoms with Gasteiger partial charge < -0.3 is 15.0 Å². The average molecular weight is 379 g/mol. The van der Waals surface area contributed by atoms with Crippen molar-refractivity contribution < 1.29 is 13.9 Å². The van der Waals surface area contributed by atoms with Crippen LogP contribution in [0.2, 0.25) is 0 Å². The first kappa shape index (κ1) is 19.1. The Labute approximate surface area is 162 Å². The molecule has 7 nitrogen and oxygen atoms in total. The lowest BCUT2D eigenvalue weighted by atomic mass is 9.99. The third kappa shape index (κ3) is 3.86. The lowest BCUT2D eigenvalue weighted by Gasteiger charge is -2.33. The van der Waals surface area contributed by atoms with E-state index in [1.54, 1.807) is 24.4 Å². The van der Waals surface area contributed by atoms with Crippen LogP contribution < -0.4 is 10.2 Å². The fourth-order valence-corrected chi connectivity index (χ4v) is 3.21. The molecule has 0 saturated carbocycles. The molecule has 0 atom stereocenters. The van der Waals surface area contributed by atoms with Gasteiger partial charge in [-0.1, -0.05) is 6.07 Å². The predicted octanol–water partition coefficient (Wildman–Crippen LogP) is 2.96. The number of amides is 1. The van der Waals surface area contributed by atoms with Gasteiger partial charge in [0, 0.05) is 44.7 Å². The number of hydrogen-bond acceptors (Lipinski definition) is 6. The SMILES string of the molecule is CNC(=O)OC1CCN(c2nccc(-c3ccc(C#N)c(F)c3)c2C#N)CC1. The fourth-order valence-electron chi connectivity index (χ4n) is 3.21. The molecule has 1 N–H and O–H groups in total. The largest absolute Gasteiger partial charge is 0.446 e. The summed E-state index contributed by atoms with van der Waals surface area (Å²) in [5, 5.41) is 21.0. The second-order valence-corrected chi connectivity index (χ2v) is 6.32. The zero-order valence-electron chi connectivity index (χ0n) is 15.3. The molecular weight excluding hydrogens is 361 g/mol. The molecule has 1 aromatic carbocycles. The van der Waals surface area contributed by atoms with Gasteiger partial charge in [0.1, 0.15) is 35.4 Å². The standard InChI is InChI=1S/C20H18FN5O2/c1-24-20(27)28-15-5-8-26(9-6-15)19-17(12-23)16(4-7-25-19)13-2-3-14(11-22)18(21)10-13/h2-4,7,10,15H,5-6,8-9H2,1H3,(H,24,27). The number of benzene rings is 1. The molecule has 2 aromatic rings. The van der Waals surface area contributed by atoms with Gasteiger partial charge in [-0.25, -0.2) is 14.2 Å². The highest BCUT2D eigenvalue weighted by Gasteiger charge is 2.25. The number of nitriles is 2. The number of pyridine rings is 1. The minimum atomic E-state index is -0.630. The fraction of sp³-hybridized carbons (Fsp3) is 0.300. The van der Waals surface area contributed by atoms with Gasteiger partial charge in [-0.05, 0) is 23.8 Å². The number of nitrogens with zero attached hydrogens (tertiary/aromatic N) is 4. The zero-order chi connectivity index (χ0) is 20.1. The Bertz CT molecular complexity index is 972. The van der Waals surface area contributed by atoms with Gasteiger partial charge in [0.15, 0.2) is 0 Å². The Hall–Kier alpha value is -3.65. The number of carbonyl (C=O) groups excluding carboxylic acids is 1. The Morgan fingerprint density at radius 3 is 2.64 bits per heavy atom. The van der Waals surface area contributed by atoms with E-state index in [1.165, 1.54) is 19.2 Å². The molecule has 142 valence electrons. The summed E-state index contributed by atoms with van der Waals surface area (Å²) in [6.45, 7) is 1.16. The van der Waals surface area contributed by atoms with E-state index < -0.39 is 11.9 Å². The first-order chi connectivity index (χ1) is 13.6. The molecule has 1 aliphatic rings. The molecule has 0 unspecified atom stereocenters. The Morgan fingerprint density at radius 2 is 2.04 bits per heavy atom. The molecule has 0 bridgehead atoms. The molecule has 1 saturated heterocycles. The van der Waals surface area contributed by atoms with Crippen LogP contribution in [0.1, 0.15) is 24.0 Å². The molecule has 0 aliphatic carbocycles. The monoisotopic (exact) mass is 379 g/mol. The van der Waals surface area contributed by atoms with Crippen molar-refractivity contribution >= 4 is 11.9 Å². The van der Waals surface area contributed by atoms with E-state index in [4.69, 9.17) is 10.00 Å². The summed E-state index contributed by atoms with van der Waals surface area (Å²) in [5.41, 5.74) is 1.36. The first-order valence-electron chi connectivity index (χ1n) is 8.79. The van der Waals surface area contributed by atoms with E-state index in [-0.39, 0.29) is 11.7 Å². The van der Waals surface area contributed by atoms with E-state index >= 15 is 0 Å². The minimum Gasteiger partial charge on any atom is -0.446 e. The quantitative estimate of drug-likeness (QED) is 0.880. The van der Waals surface area contributed by atoms with Crippen molar-refractivity contribution in [3.63, 3.8) is 0 Å². The van der Waals surface area contributed by atoms with Gasteiger partial charge in [-0.2, -0.15) is 10.5 Å². The van der Waals surface area contributed by atoms with Gasteiger partial charge in [-0.3, -0.25) is 0 Å². The molecule has 1 aromatic heterocycles. The highest BCUT2D eigenvalue weighted by molar-refractivity contribution is 5.76. The van der Waals surface area contributed by atoms with Crippen LogP contribution >= 0.6 is 0 Å². The van der Waals surface area contributed by atoms with Gasteiger partial charge in [0.05, 0.1) is 5.56 Å². The number of aromatic nitrogens is 1. The first-order valence-corrected chi connectivity index (χ1v) is 8.79. The number of piperidine rings is 1. The Balaban J connectivity index is 1.86. The van der Waals surface area contributed by atoms with Crippen LogP contribution in [-0.4, -0.2) is 37.3 Å². The molecule has 1 aliphatic heterocycles. The van der Waals surface area contributed by atoms with Gasteiger partial charge in [-0.15, -0.1) is 0 Å². The maximum Gasteiger partial charge on any atom is 0.407 e. The van der Waals surface area contributed by atoms with Crippen LogP contribution in [0.3, 0.4) is 0 Å². The predicted molar refractivity (Wildman–Crippen MR) is 99.8 cm³/mol. The van der Waals surface area contributed by atoms with Gasteiger partial charge in [0.2, 0.25) is 0 Å². The van der Waals surface area contributed by atoms with Gasteiger partial charge in [0.25, 0.3) is 0 Å². The summed E-state index contributed by atoms with van der Waals surface area (Å²) in [6, 6.07) is 9.88. The molecule has 2 heterocycles.